The zero-order valence-electron chi connectivity index (χ0n) is 34.8. The molecule has 11 unspecified atom stereocenters. The van der Waals surface area contributed by atoms with Crippen molar-refractivity contribution in [3.8, 4) is 0 Å². The molecule has 0 saturated carbocycles. The molecule has 336 valence electrons. The Kier molecular flexibility index (Phi) is 28.2. The molecule has 0 bridgehead atoms. The van der Waals surface area contributed by atoms with Crippen molar-refractivity contribution in [1.82, 2.24) is 0 Å². The molecule has 2 saturated heterocycles. The Morgan fingerprint density at radius 2 is 1.09 bits per heavy atom. The van der Waals surface area contributed by atoms with Crippen molar-refractivity contribution in [2.75, 3.05) is 26.4 Å². The quantitative estimate of drug-likeness (QED) is 0.0299. The van der Waals surface area contributed by atoms with Crippen molar-refractivity contribution in [1.29, 1.82) is 0 Å². The predicted molar refractivity (Wildman–Crippen MR) is 215 cm³/mol. The SMILES string of the molecule is CC/C=C\C/C=C\C/C=C\CCCCCC(=O)OC(COC(=O)CCCCCCCCCCC)COC1OC(COC2OC(CO)C(O)C(O)C2O)C(O)C(O)C1O. The fourth-order valence-corrected chi connectivity index (χ4v) is 6.52. The first-order valence-electron chi connectivity index (χ1n) is 21.6. The molecule has 7 N–H and O–H groups in total. The number of aliphatic hydroxyl groups is 7. The summed E-state index contributed by atoms with van der Waals surface area (Å²) >= 11 is 0. The van der Waals surface area contributed by atoms with Gasteiger partial charge in [0.2, 0.25) is 0 Å². The number of hydrogen-bond donors (Lipinski definition) is 7. The molecule has 0 aromatic carbocycles. The summed E-state index contributed by atoms with van der Waals surface area (Å²) in [5, 5.41) is 71.7. The molecule has 2 heterocycles. The molecule has 0 radical (unpaired) electrons. The second-order valence-corrected chi connectivity index (χ2v) is 15.1. The van der Waals surface area contributed by atoms with Gasteiger partial charge in [-0.2, -0.15) is 0 Å². The summed E-state index contributed by atoms with van der Waals surface area (Å²) in [6, 6.07) is 0. The Morgan fingerprint density at radius 1 is 0.569 bits per heavy atom. The number of esters is 2. The van der Waals surface area contributed by atoms with Crippen molar-refractivity contribution in [2.24, 2.45) is 0 Å². The lowest BCUT2D eigenvalue weighted by atomic mass is 9.98. The van der Waals surface area contributed by atoms with Gasteiger partial charge in [0.05, 0.1) is 19.8 Å². The Hall–Kier alpha value is -2.28. The van der Waals surface area contributed by atoms with E-state index < -0.39 is 99.3 Å². The minimum atomic E-state index is -1.77. The molecule has 0 aromatic heterocycles. The van der Waals surface area contributed by atoms with Crippen LogP contribution in [0.5, 0.6) is 0 Å². The summed E-state index contributed by atoms with van der Waals surface area (Å²) in [5.41, 5.74) is 0. The second-order valence-electron chi connectivity index (χ2n) is 15.1. The summed E-state index contributed by atoms with van der Waals surface area (Å²) in [6.45, 7) is 2.38. The third kappa shape index (κ3) is 20.8. The summed E-state index contributed by atoms with van der Waals surface area (Å²) in [4.78, 5) is 25.5. The summed E-state index contributed by atoms with van der Waals surface area (Å²) in [7, 11) is 0. The van der Waals surface area contributed by atoms with E-state index in [1.165, 1.54) is 32.1 Å². The van der Waals surface area contributed by atoms with E-state index in [2.05, 4.69) is 50.3 Å². The highest BCUT2D eigenvalue weighted by atomic mass is 16.7. The average molecular weight is 831 g/mol. The van der Waals surface area contributed by atoms with E-state index in [4.69, 9.17) is 28.4 Å². The van der Waals surface area contributed by atoms with Gasteiger partial charge in [0.15, 0.2) is 18.7 Å². The first kappa shape index (κ1) is 51.9. The Bertz CT molecular complexity index is 1160. The molecule has 2 aliphatic heterocycles. The monoisotopic (exact) mass is 831 g/mol. The molecular weight excluding hydrogens is 756 g/mol. The van der Waals surface area contributed by atoms with Crippen LogP contribution < -0.4 is 0 Å². The van der Waals surface area contributed by atoms with E-state index in [9.17, 15) is 45.3 Å². The number of allylic oxidation sites excluding steroid dienone is 6. The van der Waals surface area contributed by atoms with Crippen molar-refractivity contribution in [3.05, 3.63) is 36.5 Å². The molecule has 2 rings (SSSR count). The van der Waals surface area contributed by atoms with Crippen LogP contribution in [0.1, 0.15) is 129 Å². The predicted octanol–water partition coefficient (Wildman–Crippen LogP) is 3.81. The van der Waals surface area contributed by atoms with Gasteiger partial charge in [-0.05, 0) is 44.9 Å². The van der Waals surface area contributed by atoms with Crippen LogP contribution in [0.15, 0.2) is 36.5 Å². The van der Waals surface area contributed by atoms with Crippen LogP contribution in [-0.4, -0.2) is 142 Å². The molecule has 0 amide bonds. The van der Waals surface area contributed by atoms with Gasteiger partial charge in [0.1, 0.15) is 55.4 Å². The minimum Gasteiger partial charge on any atom is -0.462 e. The fraction of sp³-hybridized carbons (Fsp3) is 0.814. The maximum absolute atomic E-state index is 12.9. The maximum atomic E-state index is 12.9. The number of carbonyl (C=O) groups is 2. The van der Waals surface area contributed by atoms with Gasteiger partial charge in [-0.1, -0.05) is 108 Å². The lowest BCUT2D eigenvalue weighted by molar-refractivity contribution is -0.332. The van der Waals surface area contributed by atoms with E-state index in [-0.39, 0.29) is 19.4 Å². The standard InChI is InChI=1S/C43H74O15/c1-3-5-7-9-11-13-14-15-16-18-20-22-24-26-35(46)56-31(28-53-34(45)25-23-21-19-17-12-10-8-6-4-2)29-54-42-41(52)39(50)37(48)33(58-42)30-55-43-40(51)38(49)36(47)32(27-44)57-43/h5,7,11,13,15-16,31-33,36-44,47-52H,3-4,6,8-10,12,14,17-30H2,1-2H3/b7-5-,13-11-,16-15-. The van der Waals surface area contributed by atoms with E-state index in [0.717, 1.165) is 57.8 Å². The molecule has 15 heteroatoms. The number of aliphatic hydroxyl groups excluding tert-OH is 7. The van der Waals surface area contributed by atoms with Gasteiger partial charge < -0.3 is 64.2 Å². The molecule has 2 aliphatic rings. The molecule has 11 atom stereocenters. The molecule has 58 heavy (non-hydrogen) atoms. The highest BCUT2D eigenvalue weighted by molar-refractivity contribution is 5.70. The van der Waals surface area contributed by atoms with Crippen LogP contribution in [0.2, 0.25) is 0 Å². The largest absolute Gasteiger partial charge is 0.462 e. The van der Waals surface area contributed by atoms with Crippen molar-refractivity contribution < 1.29 is 73.8 Å². The topological polar surface area (TPSA) is 231 Å². The Morgan fingerprint density at radius 3 is 1.71 bits per heavy atom. The van der Waals surface area contributed by atoms with Crippen molar-refractivity contribution >= 4 is 11.9 Å². The molecule has 0 aromatic rings. The van der Waals surface area contributed by atoms with Crippen molar-refractivity contribution in [2.45, 2.75) is 197 Å². The third-order valence-electron chi connectivity index (χ3n) is 10.1. The van der Waals surface area contributed by atoms with E-state index in [0.29, 0.717) is 12.8 Å². The highest BCUT2D eigenvalue weighted by Crippen LogP contribution is 2.26. The maximum Gasteiger partial charge on any atom is 0.306 e. The first-order valence-corrected chi connectivity index (χ1v) is 21.6. The minimum absolute atomic E-state index is 0.130. The average Bonchev–Trinajstić information content (AvgIpc) is 3.21. The van der Waals surface area contributed by atoms with Gasteiger partial charge in [0.25, 0.3) is 0 Å². The number of carbonyl (C=O) groups excluding carboxylic acids is 2. The van der Waals surface area contributed by atoms with E-state index in [1.54, 1.807) is 0 Å². The van der Waals surface area contributed by atoms with Crippen LogP contribution in [0.4, 0.5) is 0 Å². The summed E-state index contributed by atoms with van der Waals surface area (Å²) in [5.74, 6) is -0.966. The molecule has 0 aliphatic carbocycles. The number of hydrogen-bond acceptors (Lipinski definition) is 15. The Labute approximate surface area is 345 Å². The summed E-state index contributed by atoms with van der Waals surface area (Å²) < 4.78 is 33.3. The van der Waals surface area contributed by atoms with Crippen LogP contribution in [0, 0.1) is 0 Å². The lowest BCUT2D eigenvalue weighted by Crippen LogP contribution is -2.61. The van der Waals surface area contributed by atoms with Crippen LogP contribution in [0.3, 0.4) is 0 Å². The smallest absolute Gasteiger partial charge is 0.306 e. The fourth-order valence-electron chi connectivity index (χ4n) is 6.52. The van der Waals surface area contributed by atoms with Crippen LogP contribution in [-0.2, 0) is 38.0 Å². The molecule has 2 fully saturated rings. The van der Waals surface area contributed by atoms with Gasteiger partial charge in [-0.25, -0.2) is 0 Å². The normalized spacial score (nSPS) is 28.4. The highest BCUT2D eigenvalue weighted by Gasteiger charge is 2.47. The van der Waals surface area contributed by atoms with E-state index >= 15 is 0 Å². The van der Waals surface area contributed by atoms with Gasteiger partial charge >= 0.3 is 11.9 Å². The zero-order chi connectivity index (χ0) is 42.5. The van der Waals surface area contributed by atoms with Crippen molar-refractivity contribution in [3.63, 3.8) is 0 Å². The summed E-state index contributed by atoms with van der Waals surface area (Å²) in [6.07, 6.45) is 12.1. The number of rotatable bonds is 31. The van der Waals surface area contributed by atoms with Gasteiger partial charge in [0, 0.05) is 12.8 Å². The van der Waals surface area contributed by atoms with E-state index in [1.807, 2.05) is 0 Å². The number of ether oxygens (including phenoxy) is 6. The second kappa shape index (κ2) is 31.6. The third-order valence-corrected chi connectivity index (χ3v) is 10.1. The first-order chi connectivity index (χ1) is 28.0. The van der Waals surface area contributed by atoms with Gasteiger partial charge in [-0.15, -0.1) is 0 Å². The Balaban J connectivity index is 1.90. The van der Waals surface area contributed by atoms with Crippen LogP contribution >= 0.6 is 0 Å². The lowest BCUT2D eigenvalue weighted by Gasteiger charge is -2.42. The molecule has 0 spiro atoms. The zero-order valence-corrected chi connectivity index (χ0v) is 34.8. The number of unbranched alkanes of at least 4 members (excludes halogenated alkanes) is 11. The van der Waals surface area contributed by atoms with Crippen LogP contribution in [0.25, 0.3) is 0 Å². The van der Waals surface area contributed by atoms with Gasteiger partial charge in [-0.3, -0.25) is 9.59 Å². The molecule has 15 nitrogen and oxygen atoms in total. The molecular formula is C43H74O15.